The number of amidine groups is 1. The molecule has 1 aromatic heterocycles. The zero-order valence-corrected chi connectivity index (χ0v) is 15.4. The van der Waals surface area contributed by atoms with Crippen LogP contribution in [0.1, 0.15) is 17.0 Å². The number of aromatic nitrogens is 3. The number of nitrogens with zero attached hydrogens (tertiary/aromatic N) is 3. The molecule has 3 rings (SSSR count). The van der Waals surface area contributed by atoms with Gasteiger partial charge in [-0.3, -0.25) is 10.5 Å². The quantitative estimate of drug-likeness (QED) is 0.360. The van der Waals surface area contributed by atoms with Gasteiger partial charge in [0.2, 0.25) is 10.0 Å². The molecule has 6 N–H and O–H groups in total. The molecule has 1 aliphatic rings. The third-order valence-corrected chi connectivity index (χ3v) is 6.33. The van der Waals surface area contributed by atoms with E-state index in [4.69, 9.17) is 16.3 Å². The molecular weight excluding hydrogens is 382 g/mol. The molecule has 2 aromatic rings. The number of anilines is 1. The molecule has 0 spiro atoms. The Labute approximate surface area is 149 Å². The number of rotatable bonds is 4. The van der Waals surface area contributed by atoms with Crippen LogP contribution in [0.25, 0.3) is 0 Å². The first kappa shape index (κ1) is 18.3. The van der Waals surface area contributed by atoms with Crippen molar-refractivity contribution in [2.24, 2.45) is 10.9 Å². The number of primary sulfonamides is 1. The summed E-state index contributed by atoms with van der Waals surface area (Å²) < 4.78 is 48.3. The standard InChI is InChI=1S/C13H17N7O4S2/c1-25(21,22)10-3-2-9(11(13(14)15)12(10)26(16,23)24)20-5-4-7-8(6-20)18-19-17-7/h2-3H,4-6H2,1H3,(H3,14,15)(H2,16,23,24)(H,17,18,19). The molecule has 0 saturated carbocycles. The first-order chi connectivity index (χ1) is 12.0. The molecule has 1 aromatic carbocycles. The predicted octanol–water partition coefficient (Wildman–Crippen LogP) is -1.30. The molecule has 0 amide bonds. The van der Waals surface area contributed by atoms with Gasteiger partial charge in [-0.25, -0.2) is 22.0 Å². The number of benzene rings is 1. The highest BCUT2D eigenvalue weighted by Gasteiger charge is 2.31. The number of sulfone groups is 1. The third-order valence-electron chi connectivity index (χ3n) is 4.07. The lowest BCUT2D eigenvalue weighted by Gasteiger charge is -2.30. The Kier molecular flexibility index (Phi) is 4.24. The van der Waals surface area contributed by atoms with Gasteiger partial charge in [0.25, 0.3) is 0 Å². The van der Waals surface area contributed by atoms with Crippen LogP contribution in [0.4, 0.5) is 5.69 Å². The smallest absolute Gasteiger partial charge is 0.240 e. The fourth-order valence-electron chi connectivity index (χ4n) is 2.96. The van der Waals surface area contributed by atoms with E-state index < -0.39 is 35.5 Å². The summed E-state index contributed by atoms with van der Waals surface area (Å²) in [7, 11) is -8.38. The van der Waals surface area contributed by atoms with E-state index in [0.717, 1.165) is 18.0 Å². The van der Waals surface area contributed by atoms with E-state index in [9.17, 15) is 16.8 Å². The SMILES string of the molecule is CS(=O)(=O)c1ccc(N2CCc3[nH]nnc3C2)c(C(=N)N)c1S(N)(=O)=O. The second-order valence-corrected chi connectivity index (χ2v) is 9.41. The summed E-state index contributed by atoms with van der Waals surface area (Å²) in [5.74, 6) is -0.597. The molecule has 2 heterocycles. The van der Waals surface area contributed by atoms with E-state index >= 15 is 0 Å². The average Bonchev–Trinajstić information content (AvgIpc) is 2.99. The summed E-state index contributed by atoms with van der Waals surface area (Å²) in [6.07, 6.45) is 1.43. The van der Waals surface area contributed by atoms with Gasteiger partial charge < -0.3 is 10.6 Å². The van der Waals surface area contributed by atoms with Crippen LogP contribution in [0, 0.1) is 5.41 Å². The molecule has 0 fully saturated rings. The number of nitrogen functional groups attached to an aromatic ring is 1. The molecule has 0 unspecified atom stereocenters. The maximum absolute atomic E-state index is 12.1. The van der Waals surface area contributed by atoms with Gasteiger partial charge in [-0.05, 0) is 12.1 Å². The monoisotopic (exact) mass is 399 g/mol. The van der Waals surface area contributed by atoms with Crippen molar-refractivity contribution in [1.29, 1.82) is 5.41 Å². The Morgan fingerprint density at radius 1 is 1.31 bits per heavy atom. The van der Waals surface area contributed by atoms with Crippen LogP contribution in [-0.2, 0) is 32.8 Å². The molecule has 0 aliphatic carbocycles. The molecule has 0 atom stereocenters. The summed E-state index contributed by atoms with van der Waals surface area (Å²) in [6.45, 7) is 0.772. The van der Waals surface area contributed by atoms with E-state index in [2.05, 4.69) is 15.4 Å². The average molecular weight is 399 g/mol. The minimum absolute atomic E-state index is 0.234. The number of nitrogens with one attached hydrogen (secondary N) is 2. The van der Waals surface area contributed by atoms with Gasteiger partial charge in [0, 0.05) is 24.9 Å². The second kappa shape index (κ2) is 6.03. The number of aromatic amines is 1. The lowest BCUT2D eigenvalue weighted by atomic mass is 10.1. The molecule has 11 nitrogen and oxygen atoms in total. The van der Waals surface area contributed by atoms with Crippen molar-refractivity contribution in [3.63, 3.8) is 0 Å². The normalized spacial score (nSPS) is 14.9. The van der Waals surface area contributed by atoms with Gasteiger partial charge in [0.1, 0.15) is 16.4 Å². The fourth-order valence-corrected chi connectivity index (χ4v) is 5.37. The van der Waals surface area contributed by atoms with Gasteiger partial charge in [-0.15, -0.1) is 5.10 Å². The number of hydrogen-bond acceptors (Lipinski definition) is 8. The number of sulfonamides is 1. The topological polar surface area (TPSA) is 189 Å². The number of nitrogens with two attached hydrogens (primary N) is 2. The Balaban J connectivity index is 2.27. The minimum Gasteiger partial charge on any atom is -0.384 e. The number of fused-ring (bicyclic) bond motifs is 1. The van der Waals surface area contributed by atoms with Gasteiger partial charge >= 0.3 is 0 Å². The Bertz CT molecular complexity index is 1110. The van der Waals surface area contributed by atoms with Crippen LogP contribution in [-0.4, -0.2) is 50.9 Å². The van der Waals surface area contributed by atoms with Gasteiger partial charge in [0.05, 0.1) is 22.7 Å². The summed E-state index contributed by atoms with van der Waals surface area (Å²) >= 11 is 0. The Morgan fingerprint density at radius 3 is 2.58 bits per heavy atom. The molecule has 1 aliphatic heterocycles. The molecule has 0 saturated heterocycles. The molecule has 0 radical (unpaired) electrons. The highest BCUT2D eigenvalue weighted by molar-refractivity contribution is 7.93. The third kappa shape index (κ3) is 3.15. The van der Waals surface area contributed by atoms with E-state index in [0.29, 0.717) is 30.9 Å². The van der Waals surface area contributed by atoms with Crippen molar-refractivity contribution in [1.82, 2.24) is 15.4 Å². The van der Waals surface area contributed by atoms with Crippen molar-refractivity contribution in [3.8, 4) is 0 Å². The summed E-state index contributed by atoms with van der Waals surface area (Å²) in [4.78, 5) is 0.589. The lowest BCUT2D eigenvalue weighted by molar-refractivity contribution is 0.586. The first-order valence-corrected chi connectivity index (χ1v) is 10.8. The Morgan fingerprint density at radius 2 is 2.00 bits per heavy atom. The van der Waals surface area contributed by atoms with Gasteiger partial charge in [0.15, 0.2) is 9.84 Å². The molecule has 0 bridgehead atoms. The van der Waals surface area contributed by atoms with Crippen molar-refractivity contribution < 1.29 is 16.8 Å². The highest BCUT2D eigenvalue weighted by atomic mass is 32.2. The van der Waals surface area contributed by atoms with Gasteiger partial charge in [-0.1, -0.05) is 5.21 Å². The Hall–Kier alpha value is -2.51. The van der Waals surface area contributed by atoms with Crippen molar-refractivity contribution in [3.05, 3.63) is 29.1 Å². The van der Waals surface area contributed by atoms with E-state index in [1.54, 1.807) is 4.90 Å². The zero-order valence-electron chi connectivity index (χ0n) is 13.7. The van der Waals surface area contributed by atoms with Crippen LogP contribution in [0.3, 0.4) is 0 Å². The maximum atomic E-state index is 12.1. The summed E-state index contributed by atoms with van der Waals surface area (Å²) in [5, 5.41) is 23.6. The zero-order chi connectivity index (χ0) is 19.3. The van der Waals surface area contributed by atoms with Crippen LogP contribution >= 0.6 is 0 Å². The van der Waals surface area contributed by atoms with Gasteiger partial charge in [-0.2, -0.15) is 0 Å². The van der Waals surface area contributed by atoms with Crippen LogP contribution in [0.15, 0.2) is 21.9 Å². The lowest BCUT2D eigenvalue weighted by Crippen LogP contribution is -2.34. The number of H-pyrrole nitrogens is 1. The maximum Gasteiger partial charge on any atom is 0.240 e. The van der Waals surface area contributed by atoms with Crippen molar-refractivity contribution >= 4 is 31.4 Å². The largest absolute Gasteiger partial charge is 0.384 e. The molecule has 140 valence electrons. The van der Waals surface area contributed by atoms with Crippen LogP contribution in [0.2, 0.25) is 0 Å². The highest BCUT2D eigenvalue weighted by Crippen LogP contribution is 2.34. The van der Waals surface area contributed by atoms with Crippen molar-refractivity contribution in [2.75, 3.05) is 17.7 Å². The molecular formula is C13H17N7O4S2. The molecule has 26 heavy (non-hydrogen) atoms. The molecule has 13 heteroatoms. The van der Waals surface area contributed by atoms with E-state index in [-0.39, 0.29) is 5.56 Å². The fraction of sp³-hybridized carbons (Fsp3) is 0.308. The summed E-state index contributed by atoms with van der Waals surface area (Å²) in [5.41, 5.74) is 7.22. The van der Waals surface area contributed by atoms with Crippen LogP contribution < -0.4 is 15.8 Å². The minimum atomic E-state index is -4.46. The van der Waals surface area contributed by atoms with E-state index in [1.165, 1.54) is 6.07 Å². The summed E-state index contributed by atoms with van der Waals surface area (Å²) in [6, 6.07) is 2.59. The predicted molar refractivity (Wildman–Crippen MR) is 93.1 cm³/mol. The van der Waals surface area contributed by atoms with Crippen LogP contribution in [0.5, 0.6) is 0 Å². The first-order valence-electron chi connectivity index (χ1n) is 7.38. The second-order valence-electron chi connectivity index (χ2n) is 5.93. The van der Waals surface area contributed by atoms with Crippen molar-refractivity contribution in [2.45, 2.75) is 22.8 Å². The number of hydrogen-bond donors (Lipinski definition) is 4. The van der Waals surface area contributed by atoms with E-state index in [1.807, 2.05) is 0 Å².